The molecule has 10 rings (SSSR count). The summed E-state index contributed by atoms with van der Waals surface area (Å²) in [6.07, 6.45) is 0. The number of hydrogen-bond acceptors (Lipinski definition) is 4. The molecule has 2 aliphatic rings. The highest BCUT2D eigenvalue weighted by Gasteiger charge is 2.35. The molecule has 0 atom stereocenters. The summed E-state index contributed by atoms with van der Waals surface area (Å²) in [5, 5.41) is 2.64. The highest BCUT2D eigenvalue weighted by molar-refractivity contribution is 7.26. The van der Waals surface area contributed by atoms with E-state index in [1.807, 2.05) is 47.7 Å². The van der Waals surface area contributed by atoms with E-state index in [1.165, 1.54) is 31.3 Å². The van der Waals surface area contributed by atoms with E-state index in [0.29, 0.717) is 0 Å². The molecular formula is C42H25NO2S. The maximum absolute atomic E-state index is 6.55. The molecule has 3 nitrogen and oxygen atoms in total. The molecule has 0 saturated carbocycles. The maximum Gasteiger partial charge on any atom is 0.156 e. The Bertz CT molecular complexity index is 2420. The third-order valence-corrected chi connectivity index (χ3v) is 10.3. The van der Waals surface area contributed by atoms with Gasteiger partial charge in [-0.15, -0.1) is 11.3 Å². The number of hydrogen-bond donors (Lipinski definition) is 0. The Morgan fingerprint density at radius 2 is 0.935 bits per heavy atom. The third-order valence-electron chi connectivity index (χ3n) is 9.06. The van der Waals surface area contributed by atoms with E-state index >= 15 is 0 Å². The molecule has 0 saturated heterocycles. The van der Waals surface area contributed by atoms with Crippen LogP contribution in [0.2, 0.25) is 0 Å². The first-order chi connectivity index (χ1) is 22.8. The minimum absolute atomic E-state index is 0.780. The molecule has 1 aromatic heterocycles. The second kappa shape index (κ2) is 9.83. The Morgan fingerprint density at radius 1 is 0.413 bits per heavy atom. The van der Waals surface area contributed by atoms with Crippen LogP contribution in [0.3, 0.4) is 0 Å². The van der Waals surface area contributed by atoms with E-state index in [-0.39, 0.29) is 0 Å². The molecule has 0 spiro atoms. The summed E-state index contributed by atoms with van der Waals surface area (Å²) in [7, 11) is 0. The lowest BCUT2D eigenvalue weighted by Crippen LogP contribution is -2.20. The number of benzene rings is 7. The average Bonchev–Trinajstić information content (AvgIpc) is 3.50. The molecule has 0 N–H and O–H groups in total. The number of anilines is 3. The predicted molar refractivity (Wildman–Crippen MR) is 190 cm³/mol. The van der Waals surface area contributed by atoms with E-state index in [9.17, 15) is 0 Å². The summed E-state index contributed by atoms with van der Waals surface area (Å²) in [5.41, 5.74) is 9.91. The van der Waals surface area contributed by atoms with Gasteiger partial charge >= 0.3 is 0 Å². The van der Waals surface area contributed by atoms with Crippen LogP contribution in [0.5, 0.6) is 23.0 Å². The lowest BCUT2D eigenvalue weighted by Gasteiger charge is -2.38. The van der Waals surface area contributed by atoms with Gasteiger partial charge in [0.25, 0.3) is 0 Å². The molecule has 3 heterocycles. The largest absolute Gasteiger partial charge is 0.453 e. The van der Waals surface area contributed by atoms with Crippen LogP contribution in [0.4, 0.5) is 17.1 Å². The van der Waals surface area contributed by atoms with E-state index in [2.05, 4.69) is 120 Å². The summed E-state index contributed by atoms with van der Waals surface area (Å²) in [5.74, 6) is 3.21. The van der Waals surface area contributed by atoms with Gasteiger partial charge in [-0.25, -0.2) is 0 Å². The summed E-state index contributed by atoms with van der Waals surface area (Å²) in [6, 6.07) is 53.5. The Hall–Kier alpha value is -5.84. The molecule has 216 valence electrons. The van der Waals surface area contributed by atoms with Gasteiger partial charge in [-0.1, -0.05) is 109 Å². The van der Waals surface area contributed by atoms with Crippen molar-refractivity contribution in [1.82, 2.24) is 0 Å². The first kappa shape index (κ1) is 25.5. The van der Waals surface area contributed by atoms with Crippen molar-refractivity contribution in [3.05, 3.63) is 152 Å². The van der Waals surface area contributed by atoms with Crippen LogP contribution in [0.1, 0.15) is 0 Å². The molecule has 7 aromatic carbocycles. The van der Waals surface area contributed by atoms with Crippen LogP contribution in [0, 0.1) is 0 Å². The zero-order valence-electron chi connectivity index (χ0n) is 24.6. The first-order valence-corrected chi connectivity index (χ1v) is 16.2. The Labute approximate surface area is 270 Å². The third kappa shape index (κ3) is 3.77. The lowest BCUT2D eigenvalue weighted by molar-refractivity contribution is 0.446. The Morgan fingerprint density at radius 3 is 1.63 bits per heavy atom. The lowest BCUT2D eigenvalue weighted by atomic mass is 9.92. The topological polar surface area (TPSA) is 21.7 Å². The highest BCUT2D eigenvalue weighted by Crippen LogP contribution is 2.60. The quantitative estimate of drug-likeness (QED) is 0.199. The van der Waals surface area contributed by atoms with Gasteiger partial charge in [-0.05, 0) is 75.8 Å². The van der Waals surface area contributed by atoms with E-state index in [1.54, 1.807) is 0 Å². The minimum Gasteiger partial charge on any atom is -0.453 e. The van der Waals surface area contributed by atoms with Crippen molar-refractivity contribution in [2.45, 2.75) is 0 Å². The van der Waals surface area contributed by atoms with Gasteiger partial charge in [0.05, 0.1) is 11.4 Å². The number of rotatable bonds is 3. The van der Waals surface area contributed by atoms with Crippen LogP contribution >= 0.6 is 11.3 Å². The molecule has 0 fully saturated rings. The molecule has 46 heavy (non-hydrogen) atoms. The van der Waals surface area contributed by atoms with Gasteiger partial charge < -0.3 is 9.47 Å². The average molecular weight is 608 g/mol. The molecule has 0 bridgehead atoms. The molecule has 2 aliphatic heterocycles. The van der Waals surface area contributed by atoms with Gasteiger partial charge in [0.2, 0.25) is 0 Å². The highest BCUT2D eigenvalue weighted by atomic mass is 32.1. The fraction of sp³-hybridized carbons (Fsp3) is 0. The summed E-state index contributed by atoms with van der Waals surface area (Å²) in [4.78, 5) is 2.26. The zero-order chi connectivity index (χ0) is 30.2. The Balaban J connectivity index is 1.08. The minimum atomic E-state index is 0.780. The number of para-hydroxylation sites is 4. The zero-order valence-corrected chi connectivity index (χ0v) is 25.4. The maximum atomic E-state index is 6.55. The van der Waals surface area contributed by atoms with Crippen molar-refractivity contribution < 1.29 is 9.47 Å². The number of fused-ring (bicyclic) bond motifs is 7. The summed E-state index contributed by atoms with van der Waals surface area (Å²) >= 11 is 1.87. The van der Waals surface area contributed by atoms with Gasteiger partial charge in [-0.3, -0.25) is 4.90 Å². The molecule has 0 radical (unpaired) electrons. The normalized spacial score (nSPS) is 12.7. The van der Waals surface area contributed by atoms with Crippen molar-refractivity contribution in [2.24, 2.45) is 0 Å². The fourth-order valence-corrected chi connectivity index (χ4v) is 8.21. The molecule has 0 amide bonds. The summed E-state index contributed by atoms with van der Waals surface area (Å²) in [6.45, 7) is 0. The van der Waals surface area contributed by atoms with Gasteiger partial charge in [0.15, 0.2) is 23.0 Å². The second-order valence-electron chi connectivity index (χ2n) is 11.7. The standard InChI is InChI=1S/C42H25NO2S/c1-2-11-30(28-24-38-41-39(25-28)45-37-18-7-5-16-35(37)43(41)34-15-4-6-17-36(34)44-38)29(10-1)26-20-22-27(23-21-26)31-13-9-14-33-32-12-3-8-19-40(32)46-42(31)33/h1-25H. The van der Waals surface area contributed by atoms with Crippen molar-refractivity contribution in [1.29, 1.82) is 0 Å². The molecule has 8 aromatic rings. The second-order valence-corrected chi connectivity index (χ2v) is 12.8. The number of ether oxygens (including phenoxy) is 2. The number of thiophene rings is 1. The van der Waals surface area contributed by atoms with Crippen molar-refractivity contribution in [3.63, 3.8) is 0 Å². The van der Waals surface area contributed by atoms with Gasteiger partial charge in [0, 0.05) is 20.2 Å². The van der Waals surface area contributed by atoms with Crippen LogP contribution in [0.15, 0.2) is 152 Å². The van der Waals surface area contributed by atoms with E-state index < -0.39 is 0 Å². The smallest absolute Gasteiger partial charge is 0.156 e. The molecule has 0 aliphatic carbocycles. The predicted octanol–water partition coefficient (Wildman–Crippen LogP) is 12.7. The first-order valence-electron chi connectivity index (χ1n) is 15.4. The van der Waals surface area contributed by atoms with E-state index in [4.69, 9.17) is 9.47 Å². The molecule has 4 heteroatoms. The Kier molecular flexibility index (Phi) is 5.45. The molecule has 0 unspecified atom stereocenters. The number of nitrogens with zero attached hydrogens (tertiary/aromatic N) is 1. The molecular weight excluding hydrogens is 583 g/mol. The van der Waals surface area contributed by atoms with Crippen LogP contribution < -0.4 is 14.4 Å². The van der Waals surface area contributed by atoms with Crippen molar-refractivity contribution in [3.8, 4) is 56.4 Å². The van der Waals surface area contributed by atoms with Crippen LogP contribution in [-0.2, 0) is 0 Å². The van der Waals surface area contributed by atoms with Gasteiger partial charge in [-0.2, -0.15) is 0 Å². The van der Waals surface area contributed by atoms with Gasteiger partial charge in [0.1, 0.15) is 5.69 Å². The van der Waals surface area contributed by atoms with Crippen molar-refractivity contribution >= 4 is 48.6 Å². The van der Waals surface area contributed by atoms with Crippen LogP contribution in [0.25, 0.3) is 53.6 Å². The monoisotopic (exact) mass is 607 g/mol. The van der Waals surface area contributed by atoms with Crippen molar-refractivity contribution in [2.75, 3.05) is 4.90 Å². The SMILES string of the molecule is c1ccc2c(c1)Oc1cc(-c3ccccc3-c3ccc(-c4cccc5c4sc4ccccc45)cc3)cc3c1N2c1ccccc1O3. The van der Waals surface area contributed by atoms with E-state index in [0.717, 1.165) is 62.3 Å². The fourth-order valence-electron chi connectivity index (χ4n) is 6.97. The van der Waals surface area contributed by atoms with Crippen LogP contribution in [-0.4, -0.2) is 0 Å². The summed E-state index contributed by atoms with van der Waals surface area (Å²) < 4.78 is 15.7.